The van der Waals surface area contributed by atoms with E-state index in [4.69, 9.17) is 11.6 Å². The highest BCUT2D eigenvalue weighted by Gasteiger charge is 2.17. The summed E-state index contributed by atoms with van der Waals surface area (Å²) in [7, 11) is 0. The van der Waals surface area contributed by atoms with Crippen LogP contribution in [0, 0.1) is 5.41 Å². The normalized spacial score (nSPS) is 12.0. The van der Waals surface area contributed by atoms with Gasteiger partial charge in [-0.2, -0.15) is 0 Å². The summed E-state index contributed by atoms with van der Waals surface area (Å²) in [5.41, 5.74) is 3.01. The van der Waals surface area contributed by atoms with Gasteiger partial charge in [-0.25, -0.2) is 9.67 Å². The van der Waals surface area contributed by atoms with Crippen LogP contribution in [0.1, 0.15) is 25.6 Å². The third-order valence-electron chi connectivity index (χ3n) is 3.23. The Balaban J connectivity index is 1.84. The number of nitrogens with one attached hydrogen (secondary N) is 1. The van der Waals surface area contributed by atoms with E-state index in [1.165, 1.54) is 11.3 Å². The zero-order valence-electron chi connectivity index (χ0n) is 13.1. The lowest BCUT2D eigenvalue weighted by atomic mass is 9.97. The average Bonchev–Trinajstić information content (AvgIpc) is 3.04. The Labute approximate surface area is 152 Å². The molecule has 0 aliphatic rings. The smallest absolute Gasteiger partial charge is 0.183 e. The van der Waals surface area contributed by atoms with Crippen molar-refractivity contribution in [3.05, 3.63) is 32.1 Å². The topological polar surface area (TPSA) is 55.6 Å². The number of anilines is 1. The largest absolute Gasteiger partial charge is 0.379 e. The number of hydrogen-bond donors (Lipinski definition) is 1. The quantitative estimate of drug-likeness (QED) is 0.655. The lowest BCUT2D eigenvalue weighted by Gasteiger charge is -2.18. The van der Waals surface area contributed by atoms with Gasteiger partial charge < -0.3 is 5.32 Å². The maximum atomic E-state index is 5.86. The van der Waals surface area contributed by atoms with Gasteiger partial charge >= 0.3 is 0 Å². The van der Waals surface area contributed by atoms with Crippen molar-refractivity contribution in [2.75, 3.05) is 5.32 Å². The molecule has 5 nitrogen and oxygen atoms in total. The van der Waals surface area contributed by atoms with Crippen LogP contribution in [0.4, 0.5) is 5.69 Å². The first-order chi connectivity index (χ1) is 10.8. The van der Waals surface area contributed by atoms with Gasteiger partial charge in [0, 0.05) is 17.6 Å². The number of aromatic nitrogens is 4. The Bertz CT molecular complexity index is 836. The van der Waals surface area contributed by atoms with Crippen LogP contribution in [-0.4, -0.2) is 20.0 Å². The monoisotopic (exact) mass is 413 g/mol. The molecule has 3 rings (SSSR count). The molecule has 1 N–H and O–H groups in total. The summed E-state index contributed by atoms with van der Waals surface area (Å²) >= 11 is 11.0. The van der Waals surface area contributed by atoms with Crippen molar-refractivity contribution in [2.45, 2.75) is 33.9 Å². The number of thiazole rings is 1. The van der Waals surface area contributed by atoms with Gasteiger partial charge in [0.05, 0.1) is 22.2 Å². The zero-order chi connectivity index (χ0) is 16.6. The first-order valence-corrected chi connectivity index (χ1v) is 9.18. The highest BCUT2D eigenvalue weighted by atomic mass is 79.9. The van der Waals surface area contributed by atoms with E-state index in [-0.39, 0.29) is 5.41 Å². The first kappa shape index (κ1) is 16.7. The van der Waals surface area contributed by atoms with Crippen molar-refractivity contribution in [1.82, 2.24) is 20.0 Å². The molecule has 23 heavy (non-hydrogen) atoms. The summed E-state index contributed by atoms with van der Waals surface area (Å²) in [5, 5.41) is 12.0. The molecule has 0 fully saturated rings. The average molecular weight is 415 g/mol. The molecule has 0 aliphatic heterocycles. The van der Waals surface area contributed by atoms with Crippen LogP contribution in [0.25, 0.3) is 11.0 Å². The SMILES string of the molecule is CC(C)(C)Cn1nnc2c(Br)c(NCc3cnc(Cl)s3)ccc21. The van der Waals surface area contributed by atoms with Crippen LogP contribution < -0.4 is 5.32 Å². The minimum atomic E-state index is 0.148. The molecule has 0 radical (unpaired) electrons. The minimum absolute atomic E-state index is 0.148. The van der Waals surface area contributed by atoms with Crippen LogP contribution in [0.2, 0.25) is 4.47 Å². The van der Waals surface area contributed by atoms with E-state index < -0.39 is 0 Å². The minimum Gasteiger partial charge on any atom is -0.379 e. The van der Waals surface area contributed by atoms with Gasteiger partial charge in [0.2, 0.25) is 0 Å². The second-order valence-electron chi connectivity index (χ2n) is 6.54. The zero-order valence-corrected chi connectivity index (χ0v) is 16.3. The Morgan fingerprint density at radius 3 is 2.78 bits per heavy atom. The standard InChI is InChI=1S/C15H17BrClN5S/c1-15(2,3)8-22-11-5-4-10(12(16)13(11)20-21-22)18-6-9-7-19-14(17)23-9/h4-5,7,18H,6,8H2,1-3H3. The predicted molar refractivity (Wildman–Crippen MR) is 99.1 cm³/mol. The van der Waals surface area contributed by atoms with Crippen LogP contribution in [-0.2, 0) is 13.1 Å². The van der Waals surface area contributed by atoms with Gasteiger partial charge in [-0.3, -0.25) is 0 Å². The van der Waals surface area contributed by atoms with E-state index >= 15 is 0 Å². The third kappa shape index (κ3) is 3.84. The maximum absolute atomic E-state index is 5.86. The van der Waals surface area contributed by atoms with Gasteiger partial charge in [0.1, 0.15) is 5.52 Å². The fourth-order valence-electron chi connectivity index (χ4n) is 2.25. The van der Waals surface area contributed by atoms with Gasteiger partial charge in [0.25, 0.3) is 0 Å². The molecule has 0 saturated carbocycles. The molecule has 0 spiro atoms. The lowest BCUT2D eigenvalue weighted by Crippen LogP contribution is -2.16. The highest BCUT2D eigenvalue weighted by molar-refractivity contribution is 9.10. The van der Waals surface area contributed by atoms with Crippen LogP contribution >= 0.6 is 38.9 Å². The molecule has 0 aliphatic carbocycles. The van der Waals surface area contributed by atoms with Crippen molar-refractivity contribution in [1.29, 1.82) is 0 Å². The molecule has 2 aromatic heterocycles. The number of nitrogens with zero attached hydrogens (tertiary/aromatic N) is 4. The molecule has 0 unspecified atom stereocenters. The Morgan fingerprint density at radius 1 is 1.35 bits per heavy atom. The number of benzene rings is 1. The summed E-state index contributed by atoms with van der Waals surface area (Å²) in [4.78, 5) is 5.13. The fourth-order valence-corrected chi connectivity index (χ4v) is 3.73. The van der Waals surface area contributed by atoms with E-state index in [1.54, 1.807) is 6.20 Å². The summed E-state index contributed by atoms with van der Waals surface area (Å²) in [6.45, 7) is 8.05. The molecule has 0 amide bonds. The summed E-state index contributed by atoms with van der Waals surface area (Å²) < 4.78 is 3.43. The number of hydrogen-bond acceptors (Lipinski definition) is 5. The second-order valence-corrected chi connectivity index (χ2v) is 9.03. The molecule has 8 heteroatoms. The van der Waals surface area contributed by atoms with Crippen molar-refractivity contribution >= 4 is 55.6 Å². The summed E-state index contributed by atoms with van der Waals surface area (Å²) in [6, 6.07) is 4.09. The van der Waals surface area contributed by atoms with Crippen LogP contribution in [0.15, 0.2) is 22.8 Å². The summed E-state index contributed by atoms with van der Waals surface area (Å²) in [5.74, 6) is 0. The Morgan fingerprint density at radius 2 is 2.13 bits per heavy atom. The van der Waals surface area contributed by atoms with E-state index in [2.05, 4.69) is 57.3 Å². The Hall–Kier alpha value is -1.18. The van der Waals surface area contributed by atoms with Gasteiger partial charge in [0.15, 0.2) is 4.47 Å². The van der Waals surface area contributed by atoms with Gasteiger partial charge in [-0.15, -0.1) is 16.4 Å². The third-order valence-corrected chi connectivity index (χ3v) is 5.15. The summed E-state index contributed by atoms with van der Waals surface area (Å²) in [6.07, 6.45) is 1.78. The molecule has 122 valence electrons. The highest BCUT2D eigenvalue weighted by Crippen LogP contribution is 2.31. The molecule has 0 bridgehead atoms. The molecule has 0 atom stereocenters. The van der Waals surface area contributed by atoms with Crippen molar-refractivity contribution in [3.8, 4) is 0 Å². The number of halogens is 2. The first-order valence-electron chi connectivity index (χ1n) is 7.19. The predicted octanol–water partition coefficient (Wildman–Crippen LogP) is 4.96. The number of rotatable bonds is 4. The van der Waals surface area contributed by atoms with Crippen molar-refractivity contribution < 1.29 is 0 Å². The molecule has 3 aromatic rings. The van der Waals surface area contributed by atoms with Crippen LogP contribution in [0.5, 0.6) is 0 Å². The molecular formula is C15H17BrClN5S. The molecule has 0 saturated heterocycles. The molecular weight excluding hydrogens is 398 g/mol. The molecule has 2 heterocycles. The number of fused-ring (bicyclic) bond motifs is 1. The van der Waals surface area contributed by atoms with Crippen molar-refractivity contribution in [3.63, 3.8) is 0 Å². The van der Waals surface area contributed by atoms with E-state index in [1.807, 2.05) is 16.8 Å². The fraction of sp³-hybridized carbons (Fsp3) is 0.400. The Kier molecular flexibility index (Phi) is 4.62. The maximum Gasteiger partial charge on any atom is 0.183 e. The van der Waals surface area contributed by atoms with Gasteiger partial charge in [-0.05, 0) is 33.5 Å². The van der Waals surface area contributed by atoms with E-state index in [0.29, 0.717) is 11.0 Å². The van der Waals surface area contributed by atoms with Gasteiger partial charge in [-0.1, -0.05) is 37.6 Å². The van der Waals surface area contributed by atoms with Crippen LogP contribution in [0.3, 0.4) is 0 Å². The lowest BCUT2D eigenvalue weighted by molar-refractivity contribution is 0.327. The van der Waals surface area contributed by atoms with E-state index in [9.17, 15) is 0 Å². The van der Waals surface area contributed by atoms with E-state index in [0.717, 1.165) is 32.6 Å². The van der Waals surface area contributed by atoms with Crippen molar-refractivity contribution in [2.24, 2.45) is 5.41 Å². The second kappa shape index (κ2) is 6.37. The molecule has 1 aromatic carbocycles.